The normalized spacial score (nSPS) is 16.1. The number of hydrogen-bond acceptors (Lipinski definition) is 3. The summed E-state index contributed by atoms with van der Waals surface area (Å²) < 4.78 is 11.3. The molecule has 132 valence electrons. The third-order valence-corrected chi connectivity index (χ3v) is 4.68. The summed E-state index contributed by atoms with van der Waals surface area (Å²) in [7, 11) is 1.82. The van der Waals surface area contributed by atoms with Crippen molar-refractivity contribution in [2.45, 2.75) is 26.2 Å². The van der Waals surface area contributed by atoms with Crippen molar-refractivity contribution in [3.05, 3.63) is 52.5 Å². The van der Waals surface area contributed by atoms with Gasteiger partial charge in [-0.2, -0.15) is 0 Å². The smallest absolute Gasteiger partial charge is 0.234 e. The van der Waals surface area contributed by atoms with Gasteiger partial charge in [-0.3, -0.25) is 4.79 Å². The van der Waals surface area contributed by atoms with E-state index in [1.807, 2.05) is 57.3 Å². The number of likely N-dealkylation sites (N-methyl/N-ethyl adjacent to an activating group) is 1. The number of carbonyl (C=O) groups excluding carboxylic acids is 1. The molecule has 3 rings (SSSR count). The highest BCUT2D eigenvalue weighted by molar-refractivity contribution is 6.32. The molecule has 0 fully saturated rings. The summed E-state index contributed by atoms with van der Waals surface area (Å²) in [5, 5.41) is 0.509. The van der Waals surface area contributed by atoms with E-state index in [1.165, 1.54) is 0 Å². The first-order valence-corrected chi connectivity index (χ1v) is 8.89. The first kappa shape index (κ1) is 17.6. The SMILES string of the molecule is CCOc1cc(C[C@@H]2C(=O)N(C)c3ccccc32)cc(Cl)c1OCC. The monoisotopic (exact) mass is 359 g/mol. The van der Waals surface area contributed by atoms with Crippen molar-refractivity contribution in [2.24, 2.45) is 0 Å². The summed E-state index contributed by atoms with van der Waals surface area (Å²) in [4.78, 5) is 14.4. The Kier molecular flexibility index (Phi) is 5.19. The predicted octanol–water partition coefficient (Wildman–Crippen LogP) is 4.44. The van der Waals surface area contributed by atoms with Crippen LogP contribution in [-0.4, -0.2) is 26.2 Å². The summed E-state index contributed by atoms with van der Waals surface area (Å²) in [5.41, 5.74) is 2.98. The number of rotatable bonds is 6. The minimum atomic E-state index is -0.204. The Morgan fingerprint density at radius 1 is 1.12 bits per heavy atom. The number of nitrogens with zero attached hydrogens (tertiary/aromatic N) is 1. The second-order valence-electron chi connectivity index (χ2n) is 5.98. The van der Waals surface area contributed by atoms with Crippen LogP contribution in [0.3, 0.4) is 0 Å². The van der Waals surface area contributed by atoms with Crippen LogP contribution in [0.4, 0.5) is 5.69 Å². The average molecular weight is 360 g/mol. The molecule has 1 heterocycles. The second-order valence-corrected chi connectivity index (χ2v) is 6.39. The number of para-hydroxylation sites is 1. The number of halogens is 1. The maximum atomic E-state index is 12.7. The summed E-state index contributed by atoms with van der Waals surface area (Å²) in [6.45, 7) is 4.86. The third-order valence-electron chi connectivity index (χ3n) is 4.40. The zero-order valence-corrected chi connectivity index (χ0v) is 15.5. The van der Waals surface area contributed by atoms with E-state index in [0.717, 1.165) is 16.8 Å². The Labute approximate surface area is 153 Å². The van der Waals surface area contributed by atoms with E-state index in [1.54, 1.807) is 4.90 Å². The highest BCUT2D eigenvalue weighted by Gasteiger charge is 2.35. The van der Waals surface area contributed by atoms with Gasteiger partial charge in [0, 0.05) is 12.7 Å². The molecule has 5 heteroatoms. The Hall–Kier alpha value is -2.20. The quantitative estimate of drug-likeness (QED) is 0.765. The minimum absolute atomic E-state index is 0.101. The number of fused-ring (bicyclic) bond motifs is 1. The molecule has 0 aromatic heterocycles. The van der Waals surface area contributed by atoms with E-state index in [9.17, 15) is 4.79 Å². The van der Waals surface area contributed by atoms with Gasteiger partial charge in [-0.25, -0.2) is 0 Å². The number of benzene rings is 2. The van der Waals surface area contributed by atoms with Crippen LogP contribution in [0.2, 0.25) is 5.02 Å². The minimum Gasteiger partial charge on any atom is -0.490 e. The van der Waals surface area contributed by atoms with Crippen molar-refractivity contribution >= 4 is 23.2 Å². The van der Waals surface area contributed by atoms with Crippen LogP contribution in [0.5, 0.6) is 11.5 Å². The van der Waals surface area contributed by atoms with Crippen molar-refractivity contribution in [2.75, 3.05) is 25.2 Å². The zero-order valence-electron chi connectivity index (χ0n) is 14.7. The van der Waals surface area contributed by atoms with Crippen molar-refractivity contribution < 1.29 is 14.3 Å². The molecule has 0 unspecified atom stereocenters. The maximum absolute atomic E-state index is 12.7. The molecule has 1 amide bonds. The molecule has 1 aliphatic rings. The van der Waals surface area contributed by atoms with E-state index in [0.29, 0.717) is 36.2 Å². The van der Waals surface area contributed by atoms with Crippen molar-refractivity contribution in [1.82, 2.24) is 0 Å². The molecule has 0 aliphatic carbocycles. The van der Waals surface area contributed by atoms with E-state index in [2.05, 4.69) is 0 Å². The fourth-order valence-electron chi connectivity index (χ4n) is 3.29. The lowest BCUT2D eigenvalue weighted by molar-refractivity contribution is -0.119. The lowest BCUT2D eigenvalue weighted by Crippen LogP contribution is -2.24. The van der Waals surface area contributed by atoms with Crippen LogP contribution in [0.25, 0.3) is 0 Å². The van der Waals surface area contributed by atoms with Gasteiger partial charge < -0.3 is 14.4 Å². The van der Waals surface area contributed by atoms with E-state index in [4.69, 9.17) is 21.1 Å². The van der Waals surface area contributed by atoms with Gasteiger partial charge in [-0.15, -0.1) is 0 Å². The average Bonchev–Trinajstić information content (AvgIpc) is 2.84. The predicted molar refractivity (Wildman–Crippen MR) is 100 cm³/mol. The standard InChI is InChI=1S/C20H22ClNO3/c1-4-24-18-12-13(11-16(21)19(18)25-5-2)10-15-14-8-6-7-9-17(14)22(3)20(15)23/h6-9,11-12,15H,4-5,10H2,1-3H3/t15-/m0/s1. The van der Waals surface area contributed by atoms with E-state index < -0.39 is 0 Å². The molecular formula is C20H22ClNO3. The highest BCUT2D eigenvalue weighted by atomic mass is 35.5. The Balaban J connectivity index is 1.94. The highest BCUT2D eigenvalue weighted by Crippen LogP contribution is 2.41. The molecule has 4 nitrogen and oxygen atoms in total. The molecule has 2 aromatic carbocycles. The molecular weight excluding hydrogens is 338 g/mol. The molecule has 0 spiro atoms. The van der Waals surface area contributed by atoms with Crippen molar-refractivity contribution in [3.63, 3.8) is 0 Å². The largest absolute Gasteiger partial charge is 0.490 e. The first-order valence-electron chi connectivity index (χ1n) is 8.51. The molecule has 0 radical (unpaired) electrons. The lowest BCUT2D eigenvalue weighted by Gasteiger charge is -2.16. The van der Waals surface area contributed by atoms with Gasteiger partial charge in [0.2, 0.25) is 5.91 Å². The number of amides is 1. The fourth-order valence-corrected chi connectivity index (χ4v) is 3.58. The van der Waals surface area contributed by atoms with E-state index >= 15 is 0 Å². The van der Waals surface area contributed by atoms with Gasteiger partial charge in [0.15, 0.2) is 11.5 Å². The van der Waals surface area contributed by atoms with Gasteiger partial charge >= 0.3 is 0 Å². The van der Waals surface area contributed by atoms with Gasteiger partial charge in [0.25, 0.3) is 0 Å². The van der Waals surface area contributed by atoms with Crippen LogP contribution < -0.4 is 14.4 Å². The van der Waals surface area contributed by atoms with Crippen molar-refractivity contribution in [3.8, 4) is 11.5 Å². The van der Waals surface area contributed by atoms with Gasteiger partial charge in [-0.05, 0) is 49.6 Å². The molecule has 0 bridgehead atoms. The molecule has 2 aromatic rings. The van der Waals surface area contributed by atoms with Crippen LogP contribution in [0, 0.1) is 0 Å². The molecule has 0 saturated heterocycles. The molecule has 0 saturated carbocycles. The molecule has 25 heavy (non-hydrogen) atoms. The van der Waals surface area contributed by atoms with Crippen LogP contribution in [-0.2, 0) is 11.2 Å². The maximum Gasteiger partial charge on any atom is 0.234 e. The number of carbonyl (C=O) groups is 1. The lowest BCUT2D eigenvalue weighted by atomic mass is 9.93. The van der Waals surface area contributed by atoms with Gasteiger partial charge in [-0.1, -0.05) is 29.8 Å². The Morgan fingerprint density at radius 3 is 2.56 bits per heavy atom. The van der Waals surface area contributed by atoms with Gasteiger partial charge in [0.1, 0.15) is 0 Å². The van der Waals surface area contributed by atoms with Crippen LogP contribution in [0.1, 0.15) is 30.9 Å². The van der Waals surface area contributed by atoms with Crippen LogP contribution >= 0.6 is 11.6 Å². The van der Waals surface area contributed by atoms with Gasteiger partial charge in [0.05, 0.1) is 24.2 Å². The summed E-state index contributed by atoms with van der Waals surface area (Å²) in [6.07, 6.45) is 0.576. The number of hydrogen-bond donors (Lipinski definition) is 0. The number of anilines is 1. The number of ether oxygens (including phenoxy) is 2. The third kappa shape index (κ3) is 3.31. The van der Waals surface area contributed by atoms with Crippen molar-refractivity contribution in [1.29, 1.82) is 0 Å². The zero-order chi connectivity index (χ0) is 18.0. The summed E-state index contributed by atoms with van der Waals surface area (Å²) >= 11 is 6.40. The summed E-state index contributed by atoms with van der Waals surface area (Å²) in [6, 6.07) is 11.7. The summed E-state index contributed by atoms with van der Waals surface area (Å²) in [5.74, 6) is 1.08. The van der Waals surface area contributed by atoms with E-state index in [-0.39, 0.29) is 11.8 Å². The topological polar surface area (TPSA) is 38.8 Å². The molecule has 0 N–H and O–H groups in total. The molecule has 1 atom stereocenters. The first-order chi connectivity index (χ1) is 12.1. The Morgan fingerprint density at radius 2 is 1.84 bits per heavy atom. The van der Waals surface area contributed by atoms with Crippen LogP contribution in [0.15, 0.2) is 36.4 Å². The molecule has 1 aliphatic heterocycles. The Bertz CT molecular complexity index is 791. The second kappa shape index (κ2) is 7.36. The fraction of sp³-hybridized carbons (Fsp3) is 0.350.